The highest BCUT2D eigenvalue weighted by Gasteiger charge is 2.82. The molecule has 9 atom stereocenters. The summed E-state index contributed by atoms with van der Waals surface area (Å²) in [5, 5.41) is 0. The lowest BCUT2D eigenvalue weighted by molar-refractivity contribution is -0.260. The molecule has 4 aliphatic rings. The van der Waals surface area contributed by atoms with E-state index in [2.05, 4.69) is 41.5 Å². The zero-order chi connectivity index (χ0) is 35.8. The lowest BCUT2D eigenvalue weighted by atomic mass is 9.45. The number of ether oxygens (including phenoxy) is 5. The van der Waals surface area contributed by atoms with E-state index in [1.807, 2.05) is 37.3 Å². The minimum atomic E-state index is -2.45. The average Bonchev–Trinajstić information content (AvgIpc) is 3.75. The molecule has 2 aliphatic carbocycles. The Morgan fingerprint density at radius 2 is 1.47 bits per heavy atom. The van der Waals surface area contributed by atoms with Crippen molar-refractivity contribution in [3.63, 3.8) is 0 Å². The summed E-state index contributed by atoms with van der Waals surface area (Å²) >= 11 is 0. The number of esters is 2. The number of rotatable bonds is 15. The molecule has 4 fully saturated rings. The molecule has 49 heavy (non-hydrogen) atoms. The number of benzene rings is 1. The van der Waals surface area contributed by atoms with E-state index in [9.17, 15) is 14.4 Å². The standard InChI is InChI=1S/C37H58O10Si2/c1-10-48(11-2,12-3)46-28-21-36(33(39)41-8,47-49(13-4,14-5)15-6)27-23-43-31-29(27)35(28)24-45-37(34(40)42-9,32(35)25(7)30(31)38)44-22-26-19-17-16-18-20-26/h16-20,25,27-29,31-32H,10-15,21-24H2,1-9H3/t25-,27?,28-,29+,31+,32-,35-,36+,37-/m0/s1. The van der Waals surface area contributed by atoms with Gasteiger partial charge in [0.15, 0.2) is 28.0 Å². The summed E-state index contributed by atoms with van der Waals surface area (Å²) in [7, 11) is -2.11. The number of methoxy groups -OCH3 is 2. The van der Waals surface area contributed by atoms with E-state index in [1.165, 1.54) is 14.2 Å². The van der Waals surface area contributed by atoms with Crippen molar-refractivity contribution in [1.29, 1.82) is 0 Å². The molecule has 2 saturated heterocycles. The molecule has 0 amide bonds. The second-order valence-corrected chi connectivity index (χ2v) is 24.1. The van der Waals surface area contributed by atoms with Crippen molar-refractivity contribution in [2.45, 2.75) is 121 Å². The first-order valence-corrected chi connectivity index (χ1v) is 23.5. The molecular formula is C37H58O10Si2. The molecule has 1 unspecified atom stereocenters. The van der Waals surface area contributed by atoms with Crippen LogP contribution in [0.3, 0.4) is 0 Å². The Hall–Kier alpha value is -1.94. The maximum Gasteiger partial charge on any atom is 0.366 e. The number of hydrogen-bond donors (Lipinski definition) is 0. The molecule has 2 heterocycles. The Balaban J connectivity index is 1.76. The highest BCUT2D eigenvalue weighted by molar-refractivity contribution is 6.74. The first kappa shape index (κ1) is 38.3. The smallest absolute Gasteiger partial charge is 0.366 e. The fourth-order valence-corrected chi connectivity index (χ4v) is 16.0. The third kappa shape index (κ3) is 5.81. The quantitative estimate of drug-likeness (QED) is 0.152. The molecule has 274 valence electrons. The maximum atomic E-state index is 14.5. The summed E-state index contributed by atoms with van der Waals surface area (Å²) in [4.78, 5) is 43.1. The molecule has 0 bridgehead atoms. The molecule has 10 nitrogen and oxygen atoms in total. The molecule has 5 rings (SSSR count). The minimum absolute atomic E-state index is 0.0768. The zero-order valence-corrected chi connectivity index (χ0v) is 33.0. The van der Waals surface area contributed by atoms with E-state index < -0.39 is 81.3 Å². The molecule has 0 N–H and O–H groups in total. The SMILES string of the molecule is CC[Si](CC)(CC)O[C@H]1C[C@](O[Si](CC)(CC)CC)(C(=O)OC)C2CO[C@H]3C(=O)[C@H](C)[C@@H]4[C@@](OCc5ccccc5)(C(=O)OC)OC[C@@]14[C@H]23. The fourth-order valence-electron chi connectivity index (χ4n) is 10.0. The van der Waals surface area contributed by atoms with Crippen LogP contribution in [0.15, 0.2) is 30.3 Å². The van der Waals surface area contributed by atoms with Crippen molar-refractivity contribution in [1.82, 2.24) is 0 Å². The van der Waals surface area contributed by atoms with Gasteiger partial charge in [-0.15, -0.1) is 0 Å². The van der Waals surface area contributed by atoms with Crippen LogP contribution in [0.2, 0.25) is 36.3 Å². The van der Waals surface area contributed by atoms with Crippen molar-refractivity contribution in [2.24, 2.45) is 29.1 Å². The summed E-state index contributed by atoms with van der Waals surface area (Å²) < 4.78 is 45.8. The Morgan fingerprint density at radius 1 is 0.878 bits per heavy atom. The van der Waals surface area contributed by atoms with Crippen molar-refractivity contribution in [2.75, 3.05) is 27.4 Å². The van der Waals surface area contributed by atoms with Gasteiger partial charge in [0, 0.05) is 35.5 Å². The van der Waals surface area contributed by atoms with Gasteiger partial charge >= 0.3 is 11.9 Å². The van der Waals surface area contributed by atoms with Crippen LogP contribution >= 0.6 is 0 Å². The van der Waals surface area contributed by atoms with Gasteiger partial charge in [-0.25, -0.2) is 9.59 Å². The summed E-state index contributed by atoms with van der Waals surface area (Å²) in [5.74, 6) is -5.66. The van der Waals surface area contributed by atoms with Gasteiger partial charge in [0.25, 0.3) is 5.79 Å². The molecule has 0 aromatic heterocycles. The predicted octanol–water partition coefficient (Wildman–Crippen LogP) is 6.28. The average molecular weight is 719 g/mol. The zero-order valence-electron chi connectivity index (χ0n) is 31.0. The minimum Gasteiger partial charge on any atom is -0.467 e. The van der Waals surface area contributed by atoms with Gasteiger partial charge in [0.1, 0.15) is 6.10 Å². The molecule has 2 saturated carbocycles. The van der Waals surface area contributed by atoms with Crippen molar-refractivity contribution >= 4 is 34.4 Å². The second-order valence-electron chi connectivity index (χ2n) is 14.7. The Labute approximate surface area is 294 Å². The van der Waals surface area contributed by atoms with E-state index in [0.717, 1.165) is 41.8 Å². The summed E-state index contributed by atoms with van der Waals surface area (Å²) in [6, 6.07) is 14.7. The predicted molar refractivity (Wildman–Crippen MR) is 188 cm³/mol. The van der Waals surface area contributed by atoms with Gasteiger partial charge in [-0.2, -0.15) is 0 Å². The van der Waals surface area contributed by atoms with Crippen LogP contribution in [0.25, 0.3) is 0 Å². The fraction of sp³-hybridized carbons (Fsp3) is 0.757. The highest BCUT2D eigenvalue weighted by atomic mass is 28.4. The maximum absolute atomic E-state index is 14.5. The van der Waals surface area contributed by atoms with Crippen LogP contribution in [0.5, 0.6) is 0 Å². The van der Waals surface area contributed by atoms with Gasteiger partial charge in [-0.05, 0) is 41.8 Å². The van der Waals surface area contributed by atoms with Gasteiger partial charge < -0.3 is 32.5 Å². The van der Waals surface area contributed by atoms with Gasteiger partial charge in [0.2, 0.25) is 0 Å². The lowest BCUT2D eigenvalue weighted by Gasteiger charge is -2.62. The Kier molecular flexibility index (Phi) is 11.4. The third-order valence-electron chi connectivity index (χ3n) is 13.2. The third-order valence-corrected chi connectivity index (χ3v) is 22.5. The largest absolute Gasteiger partial charge is 0.467 e. The van der Waals surface area contributed by atoms with Crippen LogP contribution in [0, 0.1) is 29.1 Å². The Morgan fingerprint density at radius 3 is 2.02 bits per heavy atom. The molecule has 1 aromatic carbocycles. The normalized spacial score (nSPS) is 35.5. The number of ketones is 1. The molecule has 12 heteroatoms. The van der Waals surface area contributed by atoms with Crippen LogP contribution in [0.1, 0.15) is 60.5 Å². The monoisotopic (exact) mass is 718 g/mol. The van der Waals surface area contributed by atoms with Crippen molar-refractivity contribution in [3.8, 4) is 0 Å². The summed E-state index contributed by atoms with van der Waals surface area (Å²) in [6.45, 7) is 15.1. The van der Waals surface area contributed by atoms with E-state index in [0.29, 0.717) is 0 Å². The number of Topliss-reactive ketones (excluding diaryl/α,β-unsaturated/α-hetero) is 1. The van der Waals surface area contributed by atoms with Gasteiger partial charge in [-0.3, -0.25) is 4.79 Å². The molecular weight excluding hydrogens is 661 g/mol. The topological polar surface area (TPSA) is 116 Å². The lowest BCUT2D eigenvalue weighted by Crippen LogP contribution is -2.74. The van der Waals surface area contributed by atoms with Gasteiger partial charge in [0.05, 0.1) is 40.1 Å². The van der Waals surface area contributed by atoms with E-state index in [1.54, 1.807) is 0 Å². The molecule has 1 aromatic rings. The van der Waals surface area contributed by atoms with Crippen LogP contribution in [-0.4, -0.2) is 85.4 Å². The molecule has 1 spiro atoms. The highest BCUT2D eigenvalue weighted by Crippen LogP contribution is 2.69. The van der Waals surface area contributed by atoms with E-state index in [-0.39, 0.29) is 32.0 Å². The molecule has 2 aliphatic heterocycles. The number of carbonyl (C=O) groups excluding carboxylic acids is 3. The number of hydrogen-bond acceptors (Lipinski definition) is 10. The van der Waals surface area contributed by atoms with Crippen LogP contribution in [-0.2, 0) is 53.5 Å². The number of carbonyl (C=O) groups is 3. The molecule has 0 radical (unpaired) electrons. The summed E-state index contributed by atoms with van der Waals surface area (Å²) in [5.41, 5.74) is -1.45. The van der Waals surface area contributed by atoms with E-state index >= 15 is 0 Å². The van der Waals surface area contributed by atoms with E-state index in [4.69, 9.17) is 32.5 Å². The first-order valence-electron chi connectivity index (χ1n) is 18.4. The van der Waals surface area contributed by atoms with Crippen LogP contribution in [0.4, 0.5) is 0 Å². The van der Waals surface area contributed by atoms with Crippen LogP contribution < -0.4 is 0 Å². The first-order chi connectivity index (χ1) is 23.4. The van der Waals surface area contributed by atoms with Crippen molar-refractivity contribution in [3.05, 3.63) is 35.9 Å². The Bertz CT molecular complexity index is 1340. The van der Waals surface area contributed by atoms with Gasteiger partial charge in [-0.1, -0.05) is 78.8 Å². The second kappa shape index (κ2) is 14.6. The summed E-state index contributed by atoms with van der Waals surface area (Å²) in [6.07, 6.45) is -1.20. The van der Waals surface area contributed by atoms with Crippen molar-refractivity contribution < 1.29 is 46.9 Å².